The summed E-state index contributed by atoms with van der Waals surface area (Å²) in [5.41, 5.74) is 4.09. The highest BCUT2D eigenvalue weighted by Crippen LogP contribution is 2.20. The first kappa shape index (κ1) is 13.6. The smallest absolute Gasteiger partial charge is 0.178 e. The highest BCUT2D eigenvalue weighted by molar-refractivity contribution is 5.54. The number of nitrogens with one attached hydrogen (secondary N) is 1. The molecule has 0 aromatic carbocycles. The monoisotopic (exact) mass is 256 g/mol. The summed E-state index contributed by atoms with van der Waals surface area (Å²) < 4.78 is 0. The number of nitrogens with zero attached hydrogens (tertiary/aromatic N) is 3. The van der Waals surface area contributed by atoms with E-state index in [-0.39, 0.29) is 6.04 Å². The standard InChI is InChI=1S/C15H20N4/c1-5-16-11(3)13-9-18-15(19-12(13)4)14-10(2)7-6-8-17-14/h6-9,11,16H,5H2,1-4H3. The highest BCUT2D eigenvalue weighted by atomic mass is 14.9. The summed E-state index contributed by atoms with van der Waals surface area (Å²) in [6.07, 6.45) is 3.68. The first-order valence-electron chi connectivity index (χ1n) is 6.62. The lowest BCUT2D eigenvalue weighted by Gasteiger charge is -2.15. The molecular weight excluding hydrogens is 236 g/mol. The Labute approximate surface area is 114 Å². The van der Waals surface area contributed by atoms with E-state index in [1.165, 1.54) is 0 Å². The van der Waals surface area contributed by atoms with Crippen LogP contribution in [0.4, 0.5) is 0 Å². The van der Waals surface area contributed by atoms with Gasteiger partial charge in [-0.15, -0.1) is 0 Å². The molecule has 1 atom stereocenters. The molecular formula is C15H20N4. The van der Waals surface area contributed by atoms with Crippen molar-refractivity contribution in [2.45, 2.75) is 33.7 Å². The topological polar surface area (TPSA) is 50.7 Å². The Morgan fingerprint density at radius 3 is 2.68 bits per heavy atom. The largest absolute Gasteiger partial charge is 0.310 e. The molecule has 2 aromatic rings. The van der Waals surface area contributed by atoms with E-state index in [4.69, 9.17) is 0 Å². The molecule has 0 aliphatic carbocycles. The second-order valence-electron chi connectivity index (χ2n) is 4.68. The van der Waals surface area contributed by atoms with Crippen LogP contribution in [-0.2, 0) is 0 Å². The lowest BCUT2D eigenvalue weighted by molar-refractivity contribution is 0.590. The molecule has 0 aliphatic heterocycles. The quantitative estimate of drug-likeness (QED) is 0.914. The fraction of sp³-hybridized carbons (Fsp3) is 0.400. The van der Waals surface area contributed by atoms with Crippen LogP contribution >= 0.6 is 0 Å². The molecule has 0 amide bonds. The summed E-state index contributed by atoms with van der Waals surface area (Å²) in [6, 6.07) is 4.22. The van der Waals surface area contributed by atoms with E-state index in [1.54, 1.807) is 6.20 Å². The second kappa shape index (κ2) is 5.89. The molecule has 4 nitrogen and oxygen atoms in total. The molecule has 2 rings (SSSR count). The summed E-state index contributed by atoms with van der Waals surface area (Å²) >= 11 is 0. The molecule has 2 heterocycles. The van der Waals surface area contributed by atoms with Gasteiger partial charge < -0.3 is 5.32 Å². The number of rotatable bonds is 4. The van der Waals surface area contributed by atoms with Crippen molar-refractivity contribution >= 4 is 0 Å². The van der Waals surface area contributed by atoms with Crippen molar-refractivity contribution in [1.29, 1.82) is 0 Å². The third-order valence-corrected chi connectivity index (χ3v) is 3.22. The Morgan fingerprint density at radius 1 is 1.26 bits per heavy atom. The zero-order valence-corrected chi connectivity index (χ0v) is 11.9. The fourth-order valence-electron chi connectivity index (χ4n) is 2.15. The van der Waals surface area contributed by atoms with Crippen LogP contribution in [0.1, 0.15) is 36.7 Å². The first-order chi connectivity index (χ1) is 9.13. The normalized spacial score (nSPS) is 12.4. The molecule has 2 aromatic heterocycles. The highest BCUT2D eigenvalue weighted by Gasteiger charge is 2.12. The van der Waals surface area contributed by atoms with Crippen molar-refractivity contribution in [2.75, 3.05) is 6.54 Å². The van der Waals surface area contributed by atoms with Crippen molar-refractivity contribution in [3.8, 4) is 11.5 Å². The van der Waals surface area contributed by atoms with Gasteiger partial charge in [0.05, 0.1) is 0 Å². The van der Waals surface area contributed by atoms with E-state index in [2.05, 4.69) is 34.1 Å². The van der Waals surface area contributed by atoms with Crippen LogP contribution in [0.5, 0.6) is 0 Å². The van der Waals surface area contributed by atoms with Gasteiger partial charge >= 0.3 is 0 Å². The predicted octanol–water partition coefficient (Wildman–Crippen LogP) is 2.83. The molecule has 1 unspecified atom stereocenters. The van der Waals surface area contributed by atoms with Crippen molar-refractivity contribution in [3.63, 3.8) is 0 Å². The van der Waals surface area contributed by atoms with Gasteiger partial charge in [-0.05, 0) is 38.9 Å². The lowest BCUT2D eigenvalue weighted by Crippen LogP contribution is -2.19. The van der Waals surface area contributed by atoms with Gasteiger partial charge in [0.25, 0.3) is 0 Å². The molecule has 0 aliphatic rings. The van der Waals surface area contributed by atoms with Crippen LogP contribution in [-0.4, -0.2) is 21.5 Å². The van der Waals surface area contributed by atoms with Crippen LogP contribution < -0.4 is 5.32 Å². The molecule has 100 valence electrons. The average Bonchev–Trinajstić information content (AvgIpc) is 2.39. The zero-order valence-electron chi connectivity index (χ0n) is 11.9. The van der Waals surface area contributed by atoms with Crippen molar-refractivity contribution < 1.29 is 0 Å². The molecule has 0 fully saturated rings. The molecule has 0 radical (unpaired) electrons. The van der Waals surface area contributed by atoms with Crippen LogP contribution in [0.25, 0.3) is 11.5 Å². The van der Waals surface area contributed by atoms with Gasteiger partial charge in [-0.3, -0.25) is 4.98 Å². The van der Waals surface area contributed by atoms with Crippen LogP contribution in [0.15, 0.2) is 24.5 Å². The Hall–Kier alpha value is -1.81. The van der Waals surface area contributed by atoms with E-state index in [9.17, 15) is 0 Å². The minimum Gasteiger partial charge on any atom is -0.310 e. The zero-order chi connectivity index (χ0) is 13.8. The SMILES string of the molecule is CCNC(C)c1cnc(-c2ncccc2C)nc1C. The van der Waals surface area contributed by atoms with Gasteiger partial charge in [0, 0.05) is 29.7 Å². The summed E-state index contributed by atoms with van der Waals surface area (Å²) in [5.74, 6) is 0.697. The lowest BCUT2D eigenvalue weighted by atomic mass is 10.1. The summed E-state index contributed by atoms with van der Waals surface area (Å²) in [7, 11) is 0. The maximum atomic E-state index is 4.59. The molecule has 0 spiro atoms. The molecule has 0 saturated heterocycles. The molecule has 0 saturated carbocycles. The third-order valence-electron chi connectivity index (χ3n) is 3.22. The van der Waals surface area contributed by atoms with Crippen molar-refractivity contribution in [1.82, 2.24) is 20.3 Å². The maximum Gasteiger partial charge on any atom is 0.178 e. The Kier molecular flexibility index (Phi) is 4.22. The van der Waals surface area contributed by atoms with E-state index in [1.807, 2.05) is 32.2 Å². The fourth-order valence-corrected chi connectivity index (χ4v) is 2.15. The van der Waals surface area contributed by atoms with Gasteiger partial charge in [0.1, 0.15) is 5.69 Å². The number of hydrogen-bond donors (Lipinski definition) is 1. The van der Waals surface area contributed by atoms with Crippen LogP contribution in [0.3, 0.4) is 0 Å². The Balaban J connectivity index is 2.37. The Morgan fingerprint density at radius 2 is 2.05 bits per heavy atom. The van der Waals surface area contributed by atoms with Gasteiger partial charge in [0.2, 0.25) is 0 Å². The maximum absolute atomic E-state index is 4.59. The van der Waals surface area contributed by atoms with Crippen LogP contribution in [0.2, 0.25) is 0 Å². The van der Waals surface area contributed by atoms with E-state index in [0.717, 1.165) is 29.1 Å². The predicted molar refractivity (Wildman–Crippen MR) is 76.8 cm³/mol. The molecule has 0 bridgehead atoms. The Bertz CT molecular complexity index is 566. The molecule has 4 heteroatoms. The van der Waals surface area contributed by atoms with Gasteiger partial charge in [0.15, 0.2) is 5.82 Å². The minimum absolute atomic E-state index is 0.267. The van der Waals surface area contributed by atoms with E-state index in [0.29, 0.717) is 5.82 Å². The van der Waals surface area contributed by atoms with Gasteiger partial charge in [-0.1, -0.05) is 13.0 Å². The average molecular weight is 256 g/mol. The number of pyridine rings is 1. The summed E-state index contributed by atoms with van der Waals surface area (Å²) in [6.45, 7) is 9.20. The summed E-state index contributed by atoms with van der Waals surface area (Å²) in [5, 5.41) is 3.38. The number of aryl methyl sites for hydroxylation is 2. The van der Waals surface area contributed by atoms with Crippen molar-refractivity contribution in [2.24, 2.45) is 0 Å². The van der Waals surface area contributed by atoms with Gasteiger partial charge in [-0.2, -0.15) is 0 Å². The van der Waals surface area contributed by atoms with Gasteiger partial charge in [-0.25, -0.2) is 9.97 Å². The summed E-state index contributed by atoms with van der Waals surface area (Å²) in [4.78, 5) is 13.4. The third kappa shape index (κ3) is 2.96. The first-order valence-corrected chi connectivity index (χ1v) is 6.62. The second-order valence-corrected chi connectivity index (χ2v) is 4.68. The molecule has 1 N–H and O–H groups in total. The van der Waals surface area contributed by atoms with E-state index < -0.39 is 0 Å². The number of aromatic nitrogens is 3. The van der Waals surface area contributed by atoms with Crippen molar-refractivity contribution in [3.05, 3.63) is 41.3 Å². The molecule has 19 heavy (non-hydrogen) atoms. The van der Waals surface area contributed by atoms with Crippen LogP contribution in [0, 0.1) is 13.8 Å². The van der Waals surface area contributed by atoms with E-state index >= 15 is 0 Å². The number of hydrogen-bond acceptors (Lipinski definition) is 4. The minimum atomic E-state index is 0.267.